The SMILES string of the molecule is O=C(OCCCc1cccnc1)c1cc([N+](=O)[O-])ccc1Cl. The Kier molecular flexibility index (Phi) is 5.43. The Morgan fingerprint density at radius 1 is 1.36 bits per heavy atom. The van der Waals surface area contributed by atoms with Crippen LogP contribution < -0.4 is 0 Å². The molecule has 0 saturated carbocycles. The molecule has 22 heavy (non-hydrogen) atoms. The van der Waals surface area contributed by atoms with Crippen LogP contribution in [0.2, 0.25) is 5.02 Å². The summed E-state index contributed by atoms with van der Waals surface area (Å²) in [6, 6.07) is 7.44. The summed E-state index contributed by atoms with van der Waals surface area (Å²) >= 11 is 5.87. The summed E-state index contributed by atoms with van der Waals surface area (Å²) in [7, 11) is 0. The number of non-ortho nitro benzene ring substituents is 1. The Hall–Kier alpha value is -2.47. The number of nitro benzene ring substituents is 1. The first-order valence-electron chi connectivity index (χ1n) is 6.58. The van der Waals surface area contributed by atoms with E-state index in [4.69, 9.17) is 16.3 Å². The van der Waals surface area contributed by atoms with Crippen molar-refractivity contribution < 1.29 is 14.5 Å². The van der Waals surface area contributed by atoms with Crippen molar-refractivity contribution in [3.63, 3.8) is 0 Å². The van der Waals surface area contributed by atoms with Gasteiger partial charge in [0.25, 0.3) is 5.69 Å². The van der Waals surface area contributed by atoms with Gasteiger partial charge in [-0.25, -0.2) is 4.79 Å². The van der Waals surface area contributed by atoms with Crippen molar-refractivity contribution in [1.82, 2.24) is 4.98 Å². The minimum Gasteiger partial charge on any atom is -0.462 e. The van der Waals surface area contributed by atoms with Gasteiger partial charge in [0.1, 0.15) is 0 Å². The summed E-state index contributed by atoms with van der Waals surface area (Å²) in [5.41, 5.74) is 0.843. The van der Waals surface area contributed by atoms with Gasteiger partial charge in [-0.05, 0) is 30.5 Å². The van der Waals surface area contributed by atoms with E-state index < -0.39 is 10.9 Å². The number of halogens is 1. The lowest BCUT2D eigenvalue weighted by Crippen LogP contribution is -2.08. The second-order valence-corrected chi connectivity index (χ2v) is 4.93. The summed E-state index contributed by atoms with van der Waals surface area (Å²) in [4.78, 5) is 26.0. The summed E-state index contributed by atoms with van der Waals surface area (Å²) in [6.45, 7) is 0.201. The second kappa shape index (κ2) is 7.51. The Labute approximate surface area is 131 Å². The van der Waals surface area contributed by atoms with Gasteiger partial charge in [-0.3, -0.25) is 15.1 Å². The molecule has 7 heteroatoms. The number of carbonyl (C=O) groups is 1. The molecule has 2 rings (SSSR count). The lowest BCUT2D eigenvalue weighted by Gasteiger charge is -2.06. The molecule has 0 unspecified atom stereocenters. The zero-order chi connectivity index (χ0) is 15.9. The number of hydrogen-bond acceptors (Lipinski definition) is 5. The summed E-state index contributed by atoms with van der Waals surface area (Å²) < 4.78 is 5.10. The average molecular weight is 321 g/mol. The van der Waals surface area contributed by atoms with Crippen LogP contribution in [0.25, 0.3) is 0 Å². The molecule has 0 bridgehead atoms. The molecule has 0 aliphatic rings. The number of nitrogens with zero attached hydrogens (tertiary/aromatic N) is 2. The summed E-state index contributed by atoms with van der Waals surface area (Å²) in [5, 5.41) is 10.8. The first-order chi connectivity index (χ1) is 10.6. The van der Waals surface area contributed by atoms with Crippen LogP contribution in [-0.2, 0) is 11.2 Å². The first-order valence-corrected chi connectivity index (χ1v) is 6.95. The molecule has 1 aromatic heterocycles. The normalized spacial score (nSPS) is 10.2. The van der Waals surface area contributed by atoms with Crippen molar-refractivity contribution in [2.24, 2.45) is 0 Å². The fraction of sp³-hybridized carbons (Fsp3) is 0.200. The van der Waals surface area contributed by atoms with Crippen molar-refractivity contribution in [2.75, 3.05) is 6.61 Å². The number of rotatable bonds is 6. The number of esters is 1. The van der Waals surface area contributed by atoms with Gasteiger partial charge >= 0.3 is 5.97 Å². The van der Waals surface area contributed by atoms with Gasteiger partial charge in [-0.2, -0.15) is 0 Å². The van der Waals surface area contributed by atoms with E-state index >= 15 is 0 Å². The lowest BCUT2D eigenvalue weighted by molar-refractivity contribution is -0.384. The minimum atomic E-state index is -0.667. The van der Waals surface area contributed by atoms with Gasteiger partial charge in [0, 0.05) is 24.5 Å². The topological polar surface area (TPSA) is 82.3 Å². The fourth-order valence-electron chi connectivity index (χ4n) is 1.85. The van der Waals surface area contributed by atoms with Crippen LogP contribution in [0.5, 0.6) is 0 Å². The largest absolute Gasteiger partial charge is 0.462 e. The molecule has 1 heterocycles. The number of pyridine rings is 1. The fourth-order valence-corrected chi connectivity index (χ4v) is 2.04. The van der Waals surface area contributed by atoms with Crippen LogP contribution in [0.1, 0.15) is 22.3 Å². The highest BCUT2D eigenvalue weighted by atomic mass is 35.5. The van der Waals surface area contributed by atoms with Crippen LogP contribution in [0.4, 0.5) is 5.69 Å². The molecule has 0 spiro atoms. The Balaban J connectivity index is 1.89. The van der Waals surface area contributed by atoms with Crippen LogP contribution in [0, 0.1) is 10.1 Å². The summed E-state index contributed by atoms with van der Waals surface area (Å²) in [6.07, 6.45) is 4.79. The molecular formula is C15H13ClN2O4. The molecule has 0 aliphatic carbocycles. The van der Waals surface area contributed by atoms with Gasteiger partial charge in [-0.15, -0.1) is 0 Å². The monoisotopic (exact) mass is 320 g/mol. The molecule has 0 fully saturated rings. The summed E-state index contributed by atoms with van der Waals surface area (Å²) in [5.74, 6) is -0.667. The maximum absolute atomic E-state index is 11.9. The number of benzene rings is 1. The number of hydrogen-bond donors (Lipinski definition) is 0. The van der Waals surface area contributed by atoms with Gasteiger partial charge in [0.05, 0.1) is 22.1 Å². The second-order valence-electron chi connectivity index (χ2n) is 4.52. The van der Waals surface area contributed by atoms with Crippen LogP contribution in [0.15, 0.2) is 42.7 Å². The van der Waals surface area contributed by atoms with Gasteiger partial charge in [0.2, 0.25) is 0 Å². The Bertz CT molecular complexity index is 676. The molecule has 0 radical (unpaired) electrons. The zero-order valence-electron chi connectivity index (χ0n) is 11.6. The molecule has 0 N–H and O–H groups in total. The Morgan fingerprint density at radius 3 is 2.86 bits per heavy atom. The molecule has 0 amide bonds. The third-order valence-corrected chi connectivity index (χ3v) is 3.28. The van der Waals surface area contributed by atoms with Crippen molar-refractivity contribution >= 4 is 23.3 Å². The van der Waals surface area contributed by atoms with E-state index in [1.54, 1.807) is 12.4 Å². The van der Waals surface area contributed by atoms with E-state index in [1.807, 2.05) is 12.1 Å². The van der Waals surface area contributed by atoms with E-state index in [-0.39, 0.29) is 22.9 Å². The molecular weight excluding hydrogens is 308 g/mol. The molecule has 6 nitrogen and oxygen atoms in total. The first kappa shape index (κ1) is 15.9. The van der Waals surface area contributed by atoms with Crippen molar-refractivity contribution in [3.05, 3.63) is 69.0 Å². The molecule has 114 valence electrons. The number of ether oxygens (including phenoxy) is 1. The zero-order valence-corrected chi connectivity index (χ0v) is 12.3. The molecule has 0 atom stereocenters. The van der Waals surface area contributed by atoms with E-state index in [9.17, 15) is 14.9 Å². The minimum absolute atomic E-state index is 0.00255. The highest BCUT2D eigenvalue weighted by Crippen LogP contribution is 2.22. The quantitative estimate of drug-likeness (QED) is 0.352. The van der Waals surface area contributed by atoms with E-state index in [0.717, 1.165) is 18.1 Å². The van der Waals surface area contributed by atoms with E-state index in [0.29, 0.717) is 6.42 Å². The number of carbonyl (C=O) groups excluding carboxylic acids is 1. The Morgan fingerprint density at radius 2 is 2.18 bits per heavy atom. The molecule has 1 aromatic carbocycles. The molecule has 0 saturated heterocycles. The van der Waals surface area contributed by atoms with E-state index in [1.165, 1.54) is 12.1 Å². The van der Waals surface area contributed by atoms with Gasteiger partial charge < -0.3 is 4.74 Å². The van der Waals surface area contributed by atoms with Crippen molar-refractivity contribution in [1.29, 1.82) is 0 Å². The maximum Gasteiger partial charge on any atom is 0.339 e. The van der Waals surface area contributed by atoms with E-state index in [2.05, 4.69) is 4.98 Å². The van der Waals surface area contributed by atoms with Crippen LogP contribution >= 0.6 is 11.6 Å². The highest BCUT2D eigenvalue weighted by molar-refractivity contribution is 6.33. The van der Waals surface area contributed by atoms with Gasteiger partial charge in [-0.1, -0.05) is 17.7 Å². The average Bonchev–Trinajstić information content (AvgIpc) is 2.52. The van der Waals surface area contributed by atoms with Gasteiger partial charge in [0.15, 0.2) is 0 Å². The smallest absolute Gasteiger partial charge is 0.339 e. The maximum atomic E-state index is 11.9. The van der Waals surface area contributed by atoms with Crippen molar-refractivity contribution in [2.45, 2.75) is 12.8 Å². The van der Waals surface area contributed by atoms with Crippen molar-refractivity contribution in [3.8, 4) is 0 Å². The lowest BCUT2D eigenvalue weighted by atomic mass is 10.2. The number of nitro groups is 1. The highest BCUT2D eigenvalue weighted by Gasteiger charge is 2.16. The predicted octanol–water partition coefficient (Wildman–Crippen LogP) is 3.43. The number of aromatic nitrogens is 1. The standard InChI is InChI=1S/C15H13ClN2O4/c16-14-6-5-12(18(20)21)9-13(14)15(19)22-8-2-4-11-3-1-7-17-10-11/h1,3,5-7,9-10H,2,4,8H2. The van der Waals surface area contributed by atoms with Crippen LogP contribution in [-0.4, -0.2) is 22.5 Å². The van der Waals surface area contributed by atoms with Crippen LogP contribution in [0.3, 0.4) is 0 Å². The third-order valence-electron chi connectivity index (χ3n) is 2.95. The third kappa shape index (κ3) is 4.26. The molecule has 0 aliphatic heterocycles. The number of aryl methyl sites for hydroxylation is 1. The predicted molar refractivity (Wildman–Crippen MR) is 80.9 cm³/mol. The molecule has 2 aromatic rings.